The zero-order valence-electron chi connectivity index (χ0n) is 17.4. The van der Waals surface area contributed by atoms with E-state index in [1.807, 2.05) is 31.2 Å². The van der Waals surface area contributed by atoms with Crippen molar-refractivity contribution in [1.29, 1.82) is 0 Å². The molecular formula is C26H31NO2. The van der Waals surface area contributed by atoms with Gasteiger partial charge in [-0.2, -0.15) is 0 Å². The maximum atomic E-state index is 12.9. The highest BCUT2D eigenvalue weighted by Gasteiger charge is 2.52. The second kappa shape index (κ2) is 10.1. The number of methoxy groups -OCH3 is 1. The summed E-state index contributed by atoms with van der Waals surface area (Å²) in [6, 6.07) is -0.00837. The molecule has 3 aliphatic carbocycles. The van der Waals surface area contributed by atoms with Crippen LogP contribution in [-0.2, 0) is 9.53 Å². The lowest BCUT2D eigenvalue weighted by molar-refractivity contribution is -0.120. The van der Waals surface area contributed by atoms with Crippen molar-refractivity contribution >= 4 is 5.91 Å². The average molecular weight is 390 g/mol. The van der Waals surface area contributed by atoms with E-state index in [-0.39, 0.29) is 23.8 Å². The number of rotatable bonds is 9. The van der Waals surface area contributed by atoms with E-state index in [1.54, 1.807) is 13.4 Å². The van der Waals surface area contributed by atoms with Crippen LogP contribution in [-0.4, -0.2) is 19.1 Å². The van der Waals surface area contributed by atoms with Crippen molar-refractivity contribution in [2.75, 3.05) is 7.11 Å². The molecule has 3 nitrogen and oxygen atoms in total. The quantitative estimate of drug-likeness (QED) is 0.418. The van der Waals surface area contributed by atoms with Gasteiger partial charge in [0.25, 0.3) is 0 Å². The number of carbonyl (C=O) groups excluding carboxylic acids is 1. The van der Waals surface area contributed by atoms with Crippen LogP contribution in [0.25, 0.3) is 0 Å². The van der Waals surface area contributed by atoms with Gasteiger partial charge in [-0.3, -0.25) is 4.79 Å². The van der Waals surface area contributed by atoms with Gasteiger partial charge < -0.3 is 10.1 Å². The molecule has 3 heteroatoms. The lowest BCUT2D eigenvalue weighted by Crippen LogP contribution is -2.38. The van der Waals surface area contributed by atoms with Gasteiger partial charge in [-0.1, -0.05) is 79.0 Å². The van der Waals surface area contributed by atoms with Gasteiger partial charge in [-0.05, 0) is 48.7 Å². The summed E-state index contributed by atoms with van der Waals surface area (Å²) in [6.45, 7) is 1.96. The van der Waals surface area contributed by atoms with Crippen LogP contribution >= 0.6 is 0 Å². The zero-order chi connectivity index (χ0) is 20.5. The van der Waals surface area contributed by atoms with Crippen LogP contribution < -0.4 is 5.32 Å². The Kier molecular flexibility index (Phi) is 7.29. The average Bonchev–Trinajstić information content (AvgIpc) is 3.47. The molecular weight excluding hydrogens is 358 g/mol. The molecule has 0 saturated heterocycles. The predicted octanol–water partition coefficient (Wildman–Crippen LogP) is 5.49. The van der Waals surface area contributed by atoms with Gasteiger partial charge in [0.1, 0.15) is 0 Å². The lowest BCUT2D eigenvalue weighted by Gasteiger charge is -2.25. The molecule has 3 rings (SSSR count). The first-order chi connectivity index (χ1) is 14.2. The molecule has 1 amide bonds. The first-order valence-corrected chi connectivity index (χ1v) is 10.4. The molecule has 1 N–H and O–H groups in total. The largest absolute Gasteiger partial charge is 0.504 e. The van der Waals surface area contributed by atoms with E-state index in [1.165, 1.54) is 6.42 Å². The van der Waals surface area contributed by atoms with E-state index in [9.17, 15) is 4.79 Å². The number of ether oxygens (including phenoxy) is 1. The van der Waals surface area contributed by atoms with Crippen molar-refractivity contribution in [3.05, 3.63) is 96.4 Å². The molecule has 152 valence electrons. The molecule has 0 aromatic rings. The minimum atomic E-state index is -0.00837. The van der Waals surface area contributed by atoms with Gasteiger partial charge in [-0.15, -0.1) is 0 Å². The number of carbonyl (C=O) groups is 1. The predicted molar refractivity (Wildman–Crippen MR) is 120 cm³/mol. The van der Waals surface area contributed by atoms with E-state index in [0.29, 0.717) is 5.92 Å². The molecule has 0 aliphatic heterocycles. The van der Waals surface area contributed by atoms with Crippen LogP contribution in [0, 0.1) is 11.3 Å². The molecule has 0 aromatic carbocycles. The van der Waals surface area contributed by atoms with Crippen molar-refractivity contribution < 1.29 is 9.53 Å². The van der Waals surface area contributed by atoms with Crippen LogP contribution in [0.15, 0.2) is 96.4 Å². The molecule has 0 heterocycles. The Morgan fingerprint density at radius 3 is 3.00 bits per heavy atom. The normalized spacial score (nSPS) is 26.3. The topological polar surface area (TPSA) is 38.3 Å². The maximum absolute atomic E-state index is 12.9. The van der Waals surface area contributed by atoms with Gasteiger partial charge in [0.2, 0.25) is 5.91 Å². The van der Waals surface area contributed by atoms with Gasteiger partial charge in [0.05, 0.1) is 25.8 Å². The van der Waals surface area contributed by atoms with Gasteiger partial charge in [-0.25, -0.2) is 0 Å². The Hall–Kier alpha value is -2.81. The highest BCUT2D eigenvalue weighted by Crippen LogP contribution is 2.59. The number of fused-ring (bicyclic) bond motifs is 1. The number of nitrogens with one attached hydrogen (secondary N) is 1. The smallest absolute Gasteiger partial charge is 0.225 e. The minimum absolute atomic E-state index is 0.00837. The van der Waals surface area contributed by atoms with Crippen LogP contribution in [0.2, 0.25) is 0 Å². The summed E-state index contributed by atoms with van der Waals surface area (Å²) in [6.07, 6.45) is 32.2. The first-order valence-electron chi connectivity index (χ1n) is 10.4. The molecule has 29 heavy (non-hydrogen) atoms. The van der Waals surface area contributed by atoms with Crippen LogP contribution in [0.1, 0.15) is 32.6 Å². The fourth-order valence-corrected chi connectivity index (χ4v) is 4.02. The Labute approximate surface area is 174 Å². The van der Waals surface area contributed by atoms with E-state index in [0.717, 1.165) is 24.0 Å². The summed E-state index contributed by atoms with van der Waals surface area (Å²) in [4.78, 5) is 12.9. The fourth-order valence-electron chi connectivity index (χ4n) is 4.02. The molecule has 0 aromatic heterocycles. The third-order valence-electron chi connectivity index (χ3n) is 5.64. The summed E-state index contributed by atoms with van der Waals surface area (Å²) in [5, 5.41) is 3.29. The third-order valence-corrected chi connectivity index (χ3v) is 5.64. The summed E-state index contributed by atoms with van der Waals surface area (Å²) in [5.41, 5.74) is 2.20. The van der Waals surface area contributed by atoms with Crippen LogP contribution in [0.4, 0.5) is 0 Å². The van der Waals surface area contributed by atoms with Crippen molar-refractivity contribution in [1.82, 2.24) is 5.32 Å². The van der Waals surface area contributed by atoms with Crippen LogP contribution in [0.5, 0.6) is 0 Å². The Balaban J connectivity index is 1.72. The second-order valence-electron chi connectivity index (χ2n) is 7.84. The first kappa shape index (κ1) is 20.9. The van der Waals surface area contributed by atoms with Crippen molar-refractivity contribution in [3.8, 4) is 0 Å². The molecule has 3 aliphatic rings. The lowest BCUT2D eigenvalue weighted by atomic mass is 9.87. The fraction of sp³-hybridized carbons (Fsp3) is 0.346. The molecule has 0 radical (unpaired) electrons. The number of amides is 1. The molecule has 3 atom stereocenters. The van der Waals surface area contributed by atoms with Gasteiger partial charge in [0.15, 0.2) is 0 Å². The monoisotopic (exact) mass is 389 g/mol. The number of hydrogen-bond donors (Lipinski definition) is 1. The van der Waals surface area contributed by atoms with E-state index in [4.69, 9.17) is 4.74 Å². The van der Waals surface area contributed by atoms with Crippen molar-refractivity contribution in [2.45, 2.75) is 38.6 Å². The molecule has 0 bridgehead atoms. The van der Waals surface area contributed by atoms with E-state index in [2.05, 4.69) is 60.0 Å². The van der Waals surface area contributed by atoms with Gasteiger partial charge >= 0.3 is 0 Å². The third kappa shape index (κ3) is 5.83. The van der Waals surface area contributed by atoms with Crippen molar-refractivity contribution in [2.24, 2.45) is 11.3 Å². The Morgan fingerprint density at radius 2 is 2.21 bits per heavy atom. The number of hydrogen-bond acceptors (Lipinski definition) is 2. The summed E-state index contributed by atoms with van der Waals surface area (Å²) < 4.78 is 5.15. The Morgan fingerprint density at radius 1 is 1.31 bits per heavy atom. The SMILES string of the molecule is C\C=C/C=C\C(=C\OC)CC(=O)NC(CC12C=CC=CC1C2)C1=CC=CCC=C1. The summed E-state index contributed by atoms with van der Waals surface area (Å²) in [7, 11) is 1.60. The molecule has 1 saturated carbocycles. The van der Waals surface area contributed by atoms with E-state index >= 15 is 0 Å². The molecule has 3 unspecified atom stereocenters. The standard InChI is InChI=1S/C26H31NO2/c1-3-4-7-12-21(20-29-2)17-25(28)27-24(22-13-8-5-6-9-14-22)19-26-16-11-10-15-23(26)18-26/h3-5,7-16,20,23-24H,6,17-19H2,1-2H3,(H,27,28)/b4-3-,12-7-,21-20-. The van der Waals surface area contributed by atoms with Crippen molar-refractivity contribution in [3.63, 3.8) is 0 Å². The summed E-state index contributed by atoms with van der Waals surface area (Å²) in [5.74, 6) is 0.611. The summed E-state index contributed by atoms with van der Waals surface area (Å²) >= 11 is 0. The second-order valence-corrected chi connectivity index (χ2v) is 7.84. The minimum Gasteiger partial charge on any atom is -0.504 e. The van der Waals surface area contributed by atoms with Crippen LogP contribution in [0.3, 0.4) is 0 Å². The highest BCUT2D eigenvalue weighted by molar-refractivity contribution is 5.80. The maximum Gasteiger partial charge on any atom is 0.225 e. The zero-order valence-corrected chi connectivity index (χ0v) is 17.4. The molecule has 0 spiro atoms. The van der Waals surface area contributed by atoms with Gasteiger partial charge in [0, 0.05) is 0 Å². The Bertz CT molecular complexity index is 835. The highest BCUT2D eigenvalue weighted by atomic mass is 16.5. The van der Waals surface area contributed by atoms with E-state index < -0.39 is 0 Å². The number of allylic oxidation sites excluding steroid dienone is 12. The molecule has 1 fully saturated rings.